The zero-order chi connectivity index (χ0) is 24.1. The van der Waals surface area contributed by atoms with E-state index in [2.05, 4.69) is 10.6 Å². The van der Waals surface area contributed by atoms with Crippen LogP contribution in [0.25, 0.3) is 11.1 Å². The minimum atomic E-state index is -1.38. The SMILES string of the molecule is COc1ccccc1-c1cccc([C@H](CC(=O)[O-])NC(=O)Nc2c([O-])c(C)cn(C)c2=O)c1.[Na+].[Na+]. The number of hydrogen-bond donors (Lipinski definition) is 2. The summed E-state index contributed by atoms with van der Waals surface area (Å²) in [5.41, 5.74) is 1.24. The molecule has 1 aromatic heterocycles. The predicted molar refractivity (Wildman–Crippen MR) is 119 cm³/mol. The van der Waals surface area contributed by atoms with Gasteiger partial charge in [-0.05, 0) is 35.7 Å². The number of hydrogen-bond acceptors (Lipinski definition) is 6. The second-order valence-electron chi connectivity index (χ2n) is 7.49. The predicted octanol–water partition coefficient (Wildman–Crippen LogP) is -4.55. The van der Waals surface area contributed by atoms with Gasteiger partial charge in [-0.25, -0.2) is 4.79 Å². The van der Waals surface area contributed by atoms with Crippen LogP contribution in [0.3, 0.4) is 0 Å². The monoisotopic (exact) mass is 495 g/mol. The van der Waals surface area contributed by atoms with Gasteiger partial charge in [0, 0.05) is 31.2 Å². The smallest absolute Gasteiger partial charge is 0.871 e. The van der Waals surface area contributed by atoms with Crippen LogP contribution in [0, 0.1) is 6.92 Å². The average molecular weight is 495 g/mol. The van der Waals surface area contributed by atoms with Crippen LogP contribution in [0.15, 0.2) is 59.5 Å². The Bertz CT molecular complexity index is 1260. The molecule has 0 unspecified atom stereocenters. The van der Waals surface area contributed by atoms with Gasteiger partial charge in [0.2, 0.25) is 0 Å². The second kappa shape index (κ2) is 13.7. The largest absolute Gasteiger partial charge is 1.00 e. The van der Waals surface area contributed by atoms with Crippen LogP contribution in [0.1, 0.15) is 23.6 Å². The molecule has 1 heterocycles. The Morgan fingerprint density at radius 2 is 1.80 bits per heavy atom. The van der Waals surface area contributed by atoms with Crippen molar-refractivity contribution in [1.29, 1.82) is 0 Å². The summed E-state index contributed by atoms with van der Waals surface area (Å²) >= 11 is 0. The van der Waals surface area contributed by atoms with Gasteiger partial charge in [-0.15, -0.1) is 0 Å². The van der Waals surface area contributed by atoms with Gasteiger partial charge >= 0.3 is 65.1 Å². The minimum absolute atomic E-state index is 0. The Labute approximate surface area is 247 Å². The Hall–Kier alpha value is -2.27. The first kappa shape index (κ1) is 30.8. The molecule has 0 aliphatic carbocycles. The molecule has 0 aliphatic rings. The maximum absolute atomic E-state index is 12.6. The van der Waals surface area contributed by atoms with Crippen LogP contribution in [-0.2, 0) is 11.8 Å². The first-order valence-electron chi connectivity index (χ1n) is 10.1. The molecule has 0 radical (unpaired) electrons. The number of aromatic nitrogens is 1. The third kappa shape index (κ3) is 7.60. The van der Waals surface area contributed by atoms with Gasteiger partial charge in [-0.3, -0.25) is 4.79 Å². The fraction of sp³-hybridized carbons (Fsp3) is 0.208. The van der Waals surface area contributed by atoms with Crippen LogP contribution in [0.4, 0.5) is 10.5 Å². The molecule has 3 aromatic rings. The molecule has 9 nitrogen and oxygen atoms in total. The fourth-order valence-electron chi connectivity index (χ4n) is 3.52. The zero-order valence-electron chi connectivity index (χ0n) is 20.4. The summed E-state index contributed by atoms with van der Waals surface area (Å²) in [6, 6.07) is 12.4. The van der Waals surface area contributed by atoms with Crippen molar-refractivity contribution < 1.29 is 83.7 Å². The maximum Gasteiger partial charge on any atom is 1.00 e. The molecule has 2 N–H and O–H groups in total. The van der Waals surface area contributed by atoms with E-state index in [1.165, 1.54) is 24.7 Å². The number of aliphatic carboxylic acids is 1. The summed E-state index contributed by atoms with van der Waals surface area (Å²) in [6.45, 7) is 1.52. The molecule has 11 heteroatoms. The number of anilines is 1. The van der Waals surface area contributed by atoms with Gasteiger partial charge < -0.3 is 34.9 Å². The molecule has 0 fully saturated rings. The van der Waals surface area contributed by atoms with E-state index < -0.39 is 41.5 Å². The van der Waals surface area contributed by atoms with Crippen molar-refractivity contribution in [3.05, 3.63) is 76.2 Å². The molecule has 0 spiro atoms. The van der Waals surface area contributed by atoms with E-state index in [9.17, 15) is 24.6 Å². The molecular formula is C24H23N3Na2O6. The van der Waals surface area contributed by atoms with Crippen LogP contribution < -0.4 is 90.3 Å². The van der Waals surface area contributed by atoms with Crippen molar-refractivity contribution in [2.45, 2.75) is 19.4 Å². The summed E-state index contributed by atoms with van der Waals surface area (Å²) < 4.78 is 6.57. The number of carbonyl (C=O) groups excluding carboxylic acids is 2. The molecule has 0 saturated carbocycles. The normalized spacial score (nSPS) is 10.8. The van der Waals surface area contributed by atoms with Crippen molar-refractivity contribution >= 4 is 17.7 Å². The molecule has 0 bridgehead atoms. The zero-order valence-corrected chi connectivity index (χ0v) is 24.4. The molecule has 3 rings (SSSR count). The Kier molecular flexibility index (Phi) is 12.1. The number of carboxylic acid groups (broad SMARTS) is 1. The minimum Gasteiger partial charge on any atom is -0.871 e. The van der Waals surface area contributed by atoms with E-state index in [4.69, 9.17) is 4.74 Å². The molecular weight excluding hydrogens is 472 g/mol. The van der Waals surface area contributed by atoms with Crippen LogP contribution >= 0.6 is 0 Å². The number of urea groups is 1. The van der Waals surface area contributed by atoms with E-state index in [0.717, 1.165) is 11.1 Å². The molecule has 172 valence electrons. The number of para-hydroxylation sites is 1. The van der Waals surface area contributed by atoms with Gasteiger partial charge in [-0.1, -0.05) is 42.1 Å². The van der Waals surface area contributed by atoms with E-state index >= 15 is 0 Å². The fourth-order valence-corrected chi connectivity index (χ4v) is 3.52. The molecule has 0 aliphatic heterocycles. The molecule has 0 saturated heterocycles. The van der Waals surface area contributed by atoms with Crippen LogP contribution in [0.2, 0.25) is 0 Å². The average Bonchev–Trinajstić information content (AvgIpc) is 2.80. The van der Waals surface area contributed by atoms with E-state index in [0.29, 0.717) is 11.3 Å². The number of carbonyl (C=O) groups is 2. The van der Waals surface area contributed by atoms with E-state index in [1.54, 1.807) is 31.4 Å². The number of rotatable bonds is 7. The second-order valence-corrected chi connectivity index (χ2v) is 7.49. The number of benzene rings is 2. The van der Waals surface area contributed by atoms with Gasteiger partial charge in [0.15, 0.2) is 0 Å². The summed E-state index contributed by atoms with van der Waals surface area (Å²) in [6.07, 6.45) is 0.856. The quantitative estimate of drug-likeness (QED) is 0.317. The van der Waals surface area contributed by atoms with Crippen molar-refractivity contribution in [3.8, 4) is 22.6 Å². The number of carboxylic acids is 1. The van der Waals surface area contributed by atoms with E-state index in [-0.39, 0.29) is 64.7 Å². The first-order valence-corrected chi connectivity index (χ1v) is 10.1. The first-order chi connectivity index (χ1) is 15.7. The van der Waals surface area contributed by atoms with Crippen LogP contribution in [-0.4, -0.2) is 23.7 Å². The summed E-state index contributed by atoms with van der Waals surface area (Å²) in [5, 5.41) is 28.5. The Morgan fingerprint density at radius 3 is 2.46 bits per heavy atom. The maximum atomic E-state index is 12.6. The van der Waals surface area contributed by atoms with Gasteiger partial charge in [0.1, 0.15) is 11.4 Å². The van der Waals surface area contributed by atoms with Crippen molar-refractivity contribution in [1.82, 2.24) is 9.88 Å². The number of ether oxygens (including phenoxy) is 1. The van der Waals surface area contributed by atoms with Gasteiger partial charge in [-0.2, -0.15) is 0 Å². The standard InChI is InChI=1S/C24H25N3O6.2Na/c1-14-13-27(2)23(31)21(22(14)30)26-24(32)25-18(12-20(28)29)16-8-6-7-15(11-16)17-9-4-5-10-19(17)33-3;;/h4-11,13,18,30H,12H2,1-3H3,(H,28,29)(H2,25,26,32);;/q;2*+1/p-2/t18-;;/m0../s1. The topological polar surface area (TPSA) is 136 Å². The number of methoxy groups -OCH3 is 1. The van der Waals surface area contributed by atoms with E-state index in [1.807, 2.05) is 24.3 Å². The van der Waals surface area contributed by atoms with Crippen molar-refractivity contribution in [2.75, 3.05) is 12.4 Å². The third-order valence-corrected chi connectivity index (χ3v) is 5.13. The van der Waals surface area contributed by atoms with Crippen molar-refractivity contribution in [3.63, 3.8) is 0 Å². The van der Waals surface area contributed by atoms with Crippen LogP contribution in [0.5, 0.6) is 11.5 Å². The van der Waals surface area contributed by atoms with Crippen molar-refractivity contribution in [2.24, 2.45) is 7.05 Å². The number of nitrogens with zero attached hydrogens (tertiary/aromatic N) is 1. The number of aryl methyl sites for hydroxylation is 2. The Morgan fingerprint density at radius 1 is 1.11 bits per heavy atom. The molecule has 35 heavy (non-hydrogen) atoms. The van der Waals surface area contributed by atoms with Gasteiger partial charge in [0.05, 0.1) is 13.2 Å². The third-order valence-electron chi connectivity index (χ3n) is 5.13. The molecule has 2 aromatic carbocycles. The number of nitrogens with one attached hydrogen (secondary N) is 2. The summed E-state index contributed by atoms with van der Waals surface area (Å²) in [5.74, 6) is -1.35. The molecule has 1 atom stereocenters. The van der Waals surface area contributed by atoms with Gasteiger partial charge in [0.25, 0.3) is 5.56 Å². The summed E-state index contributed by atoms with van der Waals surface area (Å²) in [7, 11) is 3.01. The molecule has 2 amide bonds. The number of pyridine rings is 1. The Balaban J connectivity index is 0.00000306. The number of amides is 2. The summed E-state index contributed by atoms with van der Waals surface area (Å²) in [4.78, 5) is 36.3.